The average molecular weight is 646 g/mol. The van der Waals surface area contributed by atoms with Gasteiger partial charge >= 0.3 is 6.09 Å². The zero-order valence-corrected chi connectivity index (χ0v) is 26.1. The molecule has 10 nitrogen and oxygen atoms in total. The number of pyridine rings is 1. The van der Waals surface area contributed by atoms with Crippen molar-refractivity contribution in [1.82, 2.24) is 14.8 Å². The standard InChI is InChI=1S/C36H31N5O5S/c42-33(31-12-5-19-40(31)36(44)46-23-24-7-2-1-3-8-24)38-27-15-13-26(14-16-27)32-34(43)41(22-28-10-6-20-45-28)35(47-32)39-30-11-4-9-25-17-18-37-21-29(25)30/h1-4,6-11,13-18,20-21,31-32H,5,12,19,22-23H2,(H,38,42)/b39-35-/t31-,32?/m0/s1. The van der Waals surface area contributed by atoms with Crippen LogP contribution in [-0.2, 0) is 27.5 Å². The van der Waals surface area contributed by atoms with Gasteiger partial charge in [-0.15, -0.1) is 0 Å². The number of rotatable bonds is 8. The maximum Gasteiger partial charge on any atom is 0.410 e. The summed E-state index contributed by atoms with van der Waals surface area (Å²) in [6.07, 6.45) is 5.86. The average Bonchev–Trinajstić information content (AvgIpc) is 3.87. The molecule has 0 aliphatic carbocycles. The predicted molar refractivity (Wildman–Crippen MR) is 180 cm³/mol. The van der Waals surface area contributed by atoms with Crippen molar-refractivity contribution in [2.24, 2.45) is 4.99 Å². The number of hydrogen-bond donors (Lipinski definition) is 1. The highest BCUT2D eigenvalue weighted by molar-refractivity contribution is 8.15. The van der Waals surface area contributed by atoms with E-state index in [1.165, 1.54) is 16.7 Å². The summed E-state index contributed by atoms with van der Waals surface area (Å²) in [5.74, 6) is 0.257. The van der Waals surface area contributed by atoms with E-state index in [-0.39, 0.29) is 25.0 Å². The van der Waals surface area contributed by atoms with E-state index >= 15 is 0 Å². The first kappa shape index (κ1) is 30.2. The highest BCUT2D eigenvalue weighted by Crippen LogP contribution is 2.42. The Bertz CT molecular complexity index is 1930. The molecule has 0 bridgehead atoms. The van der Waals surface area contributed by atoms with Crippen LogP contribution in [0.4, 0.5) is 16.2 Å². The maximum atomic E-state index is 13.8. The largest absolute Gasteiger partial charge is 0.467 e. The first-order chi connectivity index (χ1) is 23.0. The highest BCUT2D eigenvalue weighted by Gasteiger charge is 2.40. The van der Waals surface area contributed by atoms with E-state index in [9.17, 15) is 14.4 Å². The summed E-state index contributed by atoms with van der Waals surface area (Å²) < 4.78 is 11.0. The fraction of sp³-hybridized carbons (Fsp3) is 0.194. The summed E-state index contributed by atoms with van der Waals surface area (Å²) in [5, 5.41) is 4.86. The van der Waals surface area contributed by atoms with Crippen LogP contribution in [0.15, 0.2) is 119 Å². The number of anilines is 1. The van der Waals surface area contributed by atoms with Crippen LogP contribution >= 0.6 is 11.8 Å². The molecule has 4 heterocycles. The van der Waals surface area contributed by atoms with E-state index in [0.29, 0.717) is 36.0 Å². The Hall–Kier alpha value is -5.42. The number of amides is 3. The van der Waals surface area contributed by atoms with Gasteiger partial charge in [0.05, 0.1) is 18.5 Å². The number of nitrogens with zero attached hydrogens (tertiary/aromatic N) is 4. The second-order valence-electron chi connectivity index (χ2n) is 11.3. The molecule has 1 unspecified atom stereocenters. The molecule has 2 atom stereocenters. The van der Waals surface area contributed by atoms with Crippen molar-refractivity contribution >= 4 is 57.0 Å². The van der Waals surface area contributed by atoms with Crippen LogP contribution in [0.5, 0.6) is 0 Å². The maximum absolute atomic E-state index is 13.8. The zero-order chi connectivity index (χ0) is 32.2. The number of hydrogen-bond acceptors (Lipinski definition) is 8. The minimum atomic E-state index is -0.622. The molecule has 11 heteroatoms. The molecule has 3 aromatic carbocycles. The van der Waals surface area contributed by atoms with E-state index in [1.54, 1.807) is 41.8 Å². The highest BCUT2D eigenvalue weighted by atomic mass is 32.2. The van der Waals surface area contributed by atoms with Gasteiger partial charge in [-0.25, -0.2) is 9.79 Å². The molecule has 5 aromatic rings. The van der Waals surface area contributed by atoms with Gasteiger partial charge in [0.25, 0.3) is 0 Å². The van der Waals surface area contributed by atoms with Crippen LogP contribution in [0.25, 0.3) is 10.8 Å². The van der Waals surface area contributed by atoms with Crippen molar-refractivity contribution in [3.63, 3.8) is 0 Å². The van der Waals surface area contributed by atoms with Crippen molar-refractivity contribution in [2.75, 3.05) is 11.9 Å². The van der Waals surface area contributed by atoms with Crippen molar-refractivity contribution < 1.29 is 23.5 Å². The normalized spacial score (nSPS) is 18.6. The van der Waals surface area contributed by atoms with Crippen LogP contribution < -0.4 is 5.32 Å². The number of amidine groups is 1. The summed E-state index contributed by atoms with van der Waals surface area (Å²) in [6, 6.07) is 27.4. The molecule has 2 fully saturated rings. The number of nitrogens with one attached hydrogen (secondary N) is 1. The van der Waals surface area contributed by atoms with Crippen molar-refractivity contribution in [2.45, 2.75) is 37.3 Å². The van der Waals surface area contributed by atoms with Gasteiger partial charge in [-0.2, -0.15) is 0 Å². The van der Waals surface area contributed by atoms with E-state index in [2.05, 4.69) is 10.3 Å². The van der Waals surface area contributed by atoms with Gasteiger partial charge in [-0.3, -0.25) is 24.4 Å². The number of aromatic nitrogens is 1. The Kier molecular flexibility index (Phi) is 8.70. The molecule has 47 heavy (non-hydrogen) atoms. The van der Waals surface area contributed by atoms with E-state index in [1.807, 2.05) is 72.8 Å². The van der Waals surface area contributed by atoms with Crippen molar-refractivity contribution in [1.29, 1.82) is 0 Å². The number of carbonyl (C=O) groups excluding carboxylic acids is 3. The zero-order valence-electron chi connectivity index (χ0n) is 25.3. The number of benzene rings is 3. The summed E-state index contributed by atoms with van der Waals surface area (Å²) in [7, 11) is 0. The van der Waals surface area contributed by atoms with Crippen LogP contribution in [0.1, 0.15) is 35.0 Å². The Morgan fingerprint density at radius 3 is 2.66 bits per heavy atom. The smallest absolute Gasteiger partial charge is 0.410 e. The first-order valence-corrected chi connectivity index (χ1v) is 16.2. The molecule has 0 spiro atoms. The van der Waals surface area contributed by atoms with Gasteiger partial charge in [-0.05, 0) is 65.8 Å². The quantitative estimate of drug-likeness (QED) is 0.192. The molecule has 3 amide bonds. The summed E-state index contributed by atoms with van der Waals surface area (Å²) >= 11 is 1.37. The van der Waals surface area contributed by atoms with Gasteiger partial charge in [0.15, 0.2) is 5.17 Å². The van der Waals surface area contributed by atoms with Gasteiger partial charge in [0, 0.05) is 30.0 Å². The molecule has 236 valence electrons. The summed E-state index contributed by atoms with van der Waals surface area (Å²) in [4.78, 5) is 52.2. The Balaban J connectivity index is 1.05. The second kappa shape index (κ2) is 13.5. The number of ether oxygens (including phenoxy) is 1. The lowest BCUT2D eigenvalue weighted by Gasteiger charge is -2.23. The molecule has 7 rings (SSSR count). The lowest BCUT2D eigenvalue weighted by Crippen LogP contribution is -2.43. The van der Waals surface area contributed by atoms with Crippen LogP contribution in [0, 0.1) is 0 Å². The molecule has 2 saturated heterocycles. The number of aliphatic imine (C=N–C) groups is 1. The summed E-state index contributed by atoms with van der Waals surface area (Å²) in [6.45, 7) is 0.852. The molecule has 1 N–H and O–H groups in total. The number of fused-ring (bicyclic) bond motifs is 1. The van der Waals surface area contributed by atoms with Gasteiger partial charge < -0.3 is 14.5 Å². The molecular formula is C36H31N5O5S. The van der Waals surface area contributed by atoms with Crippen LogP contribution in [0.2, 0.25) is 0 Å². The number of furan rings is 1. The molecule has 0 saturated carbocycles. The Morgan fingerprint density at radius 2 is 1.85 bits per heavy atom. The third kappa shape index (κ3) is 6.61. The summed E-state index contributed by atoms with van der Waals surface area (Å²) in [5.41, 5.74) is 2.95. The van der Waals surface area contributed by atoms with Crippen LogP contribution in [-0.4, -0.2) is 50.4 Å². The minimum Gasteiger partial charge on any atom is -0.467 e. The fourth-order valence-electron chi connectivity index (χ4n) is 5.78. The number of thioether (sulfide) groups is 1. The monoisotopic (exact) mass is 645 g/mol. The molecule has 2 aliphatic rings. The molecule has 0 radical (unpaired) electrons. The van der Waals surface area contributed by atoms with E-state index in [0.717, 1.165) is 27.6 Å². The number of likely N-dealkylation sites (tertiary alicyclic amines) is 1. The third-order valence-corrected chi connectivity index (χ3v) is 9.42. The van der Waals surface area contributed by atoms with Crippen LogP contribution in [0.3, 0.4) is 0 Å². The molecule has 2 aromatic heterocycles. The number of carbonyl (C=O) groups is 3. The molecule has 2 aliphatic heterocycles. The van der Waals surface area contributed by atoms with Crippen molar-refractivity contribution in [3.8, 4) is 0 Å². The van der Waals surface area contributed by atoms with Gasteiger partial charge in [0.2, 0.25) is 11.8 Å². The van der Waals surface area contributed by atoms with E-state index in [4.69, 9.17) is 14.1 Å². The fourth-order valence-corrected chi connectivity index (χ4v) is 6.95. The van der Waals surface area contributed by atoms with E-state index < -0.39 is 17.4 Å². The first-order valence-electron chi connectivity index (χ1n) is 15.3. The second-order valence-corrected chi connectivity index (χ2v) is 12.3. The third-order valence-electron chi connectivity index (χ3n) is 8.19. The topological polar surface area (TPSA) is 117 Å². The minimum absolute atomic E-state index is 0.115. The Labute approximate surface area is 275 Å². The Morgan fingerprint density at radius 1 is 1.00 bits per heavy atom. The van der Waals surface area contributed by atoms with Gasteiger partial charge in [-0.1, -0.05) is 66.4 Å². The lowest BCUT2D eigenvalue weighted by atomic mass is 10.1. The lowest BCUT2D eigenvalue weighted by molar-refractivity contribution is -0.126. The SMILES string of the molecule is O=C(Nc1ccc(C2S/C(=N\c3cccc4ccncc34)N(Cc3ccco3)C2=O)cc1)[C@@H]1CCCN1C(=O)OCc1ccccc1. The molecular weight excluding hydrogens is 614 g/mol. The predicted octanol–water partition coefficient (Wildman–Crippen LogP) is 7.07. The van der Waals surface area contributed by atoms with Gasteiger partial charge in [0.1, 0.15) is 23.7 Å². The van der Waals surface area contributed by atoms with Crippen molar-refractivity contribution in [3.05, 3.63) is 127 Å².